The molecule has 6 unspecified atom stereocenters. The van der Waals surface area contributed by atoms with Gasteiger partial charge in [-0.2, -0.15) is 8.42 Å². The van der Waals surface area contributed by atoms with Crippen LogP contribution in [0, 0.1) is 0 Å². The van der Waals surface area contributed by atoms with Gasteiger partial charge in [-0.05, 0) is 89.9 Å². The maximum Gasteiger partial charge on any atom is 0.397 e. The molecule has 0 aliphatic carbocycles. The lowest BCUT2D eigenvalue weighted by Gasteiger charge is -2.41. The number of esters is 1. The van der Waals surface area contributed by atoms with E-state index >= 15 is 0 Å². The summed E-state index contributed by atoms with van der Waals surface area (Å²) in [4.78, 5) is 12.8. The summed E-state index contributed by atoms with van der Waals surface area (Å²) >= 11 is 0. The van der Waals surface area contributed by atoms with Gasteiger partial charge in [-0.15, -0.1) is 0 Å². The molecule has 0 amide bonds. The van der Waals surface area contributed by atoms with E-state index in [1.54, 1.807) is 0 Å². The second-order valence-corrected chi connectivity index (χ2v) is 16.3. The highest BCUT2D eigenvalue weighted by Gasteiger charge is 2.48. The molecule has 1 fully saturated rings. The predicted molar refractivity (Wildman–Crippen MR) is 248 cm³/mol. The third-order valence-electron chi connectivity index (χ3n) is 9.67. The molecular weight excluding hydrogens is 813 g/mol. The van der Waals surface area contributed by atoms with Crippen molar-refractivity contribution >= 4 is 16.4 Å². The summed E-state index contributed by atoms with van der Waals surface area (Å²) < 4.78 is 59.0. The fourth-order valence-electron chi connectivity index (χ4n) is 6.24. The van der Waals surface area contributed by atoms with Crippen LogP contribution in [0.4, 0.5) is 0 Å². The van der Waals surface area contributed by atoms with Gasteiger partial charge >= 0.3 is 16.4 Å². The predicted octanol–water partition coefficient (Wildman–Crippen LogP) is 9.85. The molecule has 12 nitrogen and oxygen atoms in total. The number of hydrogen-bond donors (Lipinski definition) is 4. The van der Waals surface area contributed by atoms with E-state index < -0.39 is 59.8 Å². The molecule has 4 N–H and O–H groups in total. The molecule has 354 valence electrons. The van der Waals surface area contributed by atoms with E-state index in [0.717, 1.165) is 116 Å². The van der Waals surface area contributed by atoms with Crippen LogP contribution in [-0.4, -0.2) is 97.5 Å². The second kappa shape index (κ2) is 39.6. The number of allylic oxidation sites excluding steroid dienone is 16. The van der Waals surface area contributed by atoms with Crippen LogP contribution < -0.4 is 0 Å². The van der Waals surface area contributed by atoms with Crippen LogP contribution in [0.2, 0.25) is 0 Å². The fourth-order valence-corrected chi connectivity index (χ4v) is 6.75. The molecule has 1 rings (SSSR count). The first-order valence-electron chi connectivity index (χ1n) is 23.0. The average molecular weight is 893 g/mol. The first kappa shape index (κ1) is 57.0. The van der Waals surface area contributed by atoms with Gasteiger partial charge in [0.25, 0.3) is 0 Å². The van der Waals surface area contributed by atoms with Crippen molar-refractivity contribution in [2.75, 3.05) is 26.4 Å². The van der Waals surface area contributed by atoms with Gasteiger partial charge in [-0.25, -0.2) is 4.18 Å². The molecule has 0 saturated carbocycles. The zero-order valence-corrected chi connectivity index (χ0v) is 38.5. The Bertz CT molecular complexity index is 1450. The van der Waals surface area contributed by atoms with Gasteiger partial charge in [0.2, 0.25) is 0 Å². The minimum atomic E-state index is -5.07. The lowest BCUT2D eigenvalue weighted by molar-refractivity contribution is -0.301. The molecule has 1 aliphatic rings. The van der Waals surface area contributed by atoms with Crippen LogP contribution in [0.15, 0.2) is 97.2 Å². The zero-order chi connectivity index (χ0) is 45.4. The first-order valence-corrected chi connectivity index (χ1v) is 24.4. The van der Waals surface area contributed by atoms with Gasteiger partial charge in [0, 0.05) is 13.0 Å². The second-order valence-electron chi connectivity index (χ2n) is 15.3. The van der Waals surface area contributed by atoms with Crippen LogP contribution >= 0.6 is 0 Å². The Balaban J connectivity index is 2.45. The molecule has 6 atom stereocenters. The van der Waals surface area contributed by atoms with Crippen LogP contribution in [0.5, 0.6) is 0 Å². The van der Waals surface area contributed by atoms with Crippen LogP contribution in [0.25, 0.3) is 0 Å². The average Bonchev–Trinajstić information content (AvgIpc) is 3.24. The fraction of sp³-hybridized carbons (Fsp3) is 0.653. The van der Waals surface area contributed by atoms with Crippen molar-refractivity contribution in [2.45, 2.75) is 179 Å². The number of ether oxygens (including phenoxy) is 4. The maximum absolute atomic E-state index is 12.8. The summed E-state index contributed by atoms with van der Waals surface area (Å²) in [5.74, 6) is -0.431. The minimum absolute atomic E-state index is 0.000615. The molecule has 0 bridgehead atoms. The van der Waals surface area contributed by atoms with Crippen molar-refractivity contribution in [1.29, 1.82) is 0 Å². The van der Waals surface area contributed by atoms with Crippen LogP contribution in [0.3, 0.4) is 0 Å². The van der Waals surface area contributed by atoms with Gasteiger partial charge in [-0.1, -0.05) is 143 Å². The number of unbranched alkanes of at least 4 members (excludes halogenated alkanes) is 9. The molecule has 13 heteroatoms. The van der Waals surface area contributed by atoms with Crippen molar-refractivity contribution < 1.29 is 56.2 Å². The summed E-state index contributed by atoms with van der Waals surface area (Å²) in [5.41, 5.74) is 0. The van der Waals surface area contributed by atoms with Crippen molar-refractivity contribution in [1.82, 2.24) is 0 Å². The minimum Gasteiger partial charge on any atom is -0.457 e. The third-order valence-corrected chi connectivity index (χ3v) is 10.1. The summed E-state index contributed by atoms with van der Waals surface area (Å²) in [6.45, 7) is 3.68. The maximum atomic E-state index is 12.8. The molecule has 0 aromatic rings. The molecule has 1 saturated heterocycles. The van der Waals surface area contributed by atoms with E-state index in [4.69, 9.17) is 23.5 Å². The highest BCUT2D eigenvalue weighted by molar-refractivity contribution is 7.80. The van der Waals surface area contributed by atoms with Gasteiger partial charge in [0.1, 0.15) is 30.5 Å². The Kier molecular flexibility index (Phi) is 36.4. The number of hydrogen-bond acceptors (Lipinski definition) is 11. The van der Waals surface area contributed by atoms with Crippen molar-refractivity contribution in [3.63, 3.8) is 0 Å². The Morgan fingerprint density at radius 3 is 1.63 bits per heavy atom. The first-order chi connectivity index (χ1) is 30.1. The van der Waals surface area contributed by atoms with Crippen LogP contribution in [0.1, 0.15) is 142 Å². The SMILES string of the molecule is CC/C=C\C/C=C\C/C=C\C/C=C\C/C=C\C/C=C\CCCCCOCC(COC1OC(CO)C(O)C(OS(=O)(=O)O)C1O)OC(=O)CCCCCCC/C=C\C/C=C\CCC. The Morgan fingerprint density at radius 2 is 1.11 bits per heavy atom. The third kappa shape index (κ3) is 32.7. The summed E-state index contributed by atoms with van der Waals surface area (Å²) in [5, 5.41) is 30.7. The highest BCUT2D eigenvalue weighted by atomic mass is 32.3. The normalized spacial score (nSPS) is 20.9. The largest absolute Gasteiger partial charge is 0.457 e. The molecule has 0 radical (unpaired) electrons. The number of carbonyl (C=O) groups excluding carboxylic acids is 1. The standard InChI is InChI=1S/C49H80O12S/c1-3-5-7-9-11-13-15-17-18-19-20-21-22-23-24-25-27-29-31-33-35-37-39-57-41-43(42-58-49-47(53)48(61-62(54,55)56)46(52)44(40-50)60-49)59-45(51)38-36-34-32-30-28-26-16-14-12-10-8-6-4-2/h5,7-8,10-11,13-14,16-18,20-21,23-24,27,29,43-44,46-50,52-53H,3-4,6,9,12,15,19,22,25-26,28,30-42H2,1-2H3,(H,54,55,56)/b7-5-,10-8-,13-11-,16-14-,18-17-,21-20-,24-23-,29-27-. The number of aliphatic hydroxyl groups excluding tert-OH is 3. The van der Waals surface area contributed by atoms with E-state index in [0.29, 0.717) is 13.0 Å². The smallest absolute Gasteiger partial charge is 0.397 e. The van der Waals surface area contributed by atoms with E-state index in [-0.39, 0.29) is 19.6 Å². The molecule has 62 heavy (non-hydrogen) atoms. The topological polar surface area (TPSA) is 178 Å². The number of aliphatic hydroxyl groups is 3. The quantitative estimate of drug-likeness (QED) is 0.0200. The molecule has 0 spiro atoms. The number of carbonyl (C=O) groups is 1. The van der Waals surface area contributed by atoms with E-state index in [1.807, 2.05) is 0 Å². The van der Waals surface area contributed by atoms with Crippen LogP contribution in [-0.2, 0) is 38.3 Å². The zero-order valence-electron chi connectivity index (χ0n) is 37.6. The molecular formula is C49H80O12S. The van der Waals surface area contributed by atoms with Gasteiger partial charge in [-0.3, -0.25) is 9.35 Å². The summed E-state index contributed by atoms with van der Waals surface area (Å²) in [6, 6.07) is 0. The summed E-state index contributed by atoms with van der Waals surface area (Å²) in [6.07, 6.45) is 44.4. The lowest BCUT2D eigenvalue weighted by Crippen LogP contribution is -2.60. The Morgan fingerprint density at radius 1 is 0.629 bits per heavy atom. The highest BCUT2D eigenvalue weighted by Crippen LogP contribution is 2.26. The molecule has 0 aromatic heterocycles. The van der Waals surface area contributed by atoms with Gasteiger partial charge in [0.15, 0.2) is 6.29 Å². The number of rotatable bonds is 38. The van der Waals surface area contributed by atoms with Gasteiger partial charge < -0.3 is 34.3 Å². The molecule has 0 aromatic carbocycles. The monoisotopic (exact) mass is 893 g/mol. The van der Waals surface area contributed by atoms with Crippen molar-refractivity contribution in [3.8, 4) is 0 Å². The Labute approximate surface area is 374 Å². The van der Waals surface area contributed by atoms with Gasteiger partial charge in [0.05, 0.1) is 19.8 Å². The van der Waals surface area contributed by atoms with E-state index in [1.165, 1.54) is 0 Å². The molecule has 1 heterocycles. The lowest BCUT2D eigenvalue weighted by atomic mass is 9.99. The summed E-state index contributed by atoms with van der Waals surface area (Å²) in [7, 11) is -5.07. The van der Waals surface area contributed by atoms with Crippen molar-refractivity contribution in [2.24, 2.45) is 0 Å². The van der Waals surface area contributed by atoms with Crippen molar-refractivity contribution in [3.05, 3.63) is 97.2 Å². The Hall–Kier alpha value is -2.98. The van der Waals surface area contributed by atoms with E-state index in [2.05, 4.69) is 115 Å². The van der Waals surface area contributed by atoms with E-state index in [9.17, 15) is 28.5 Å². The molecule has 1 aliphatic heterocycles.